The van der Waals surface area contributed by atoms with Crippen LogP contribution in [0.5, 0.6) is 0 Å². The Kier molecular flexibility index (Phi) is 4.45. The van der Waals surface area contributed by atoms with E-state index >= 15 is 0 Å². The quantitative estimate of drug-likeness (QED) is 0.622. The summed E-state index contributed by atoms with van der Waals surface area (Å²) in [6, 6.07) is 3.31. The zero-order valence-corrected chi connectivity index (χ0v) is 12.6. The SMILES string of the molecule is CCC(CC)C(C)Nc1cc2c(cc1[N+](=O)[O-])CC(=O)N2. The molecular formula is C15H21N3O3. The van der Waals surface area contributed by atoms with Gasteiger partial charge in [0.2, 0.25) is 5.91 Å². The van der Waals surface area contributed by atoms with E-state index in [4.69, 9.17) is 0 Å². The summed E-state index contributed by atoms with van der Waals surface area (Å²) in [5.41, 5.74) is 1.86. The molecule has 2 rings (SSSR count). The Morgan fingerprint density at radius 1 is 1.38 bits per heavy atom. The van der Waals surface area contributed by atoms with Crippen molar-refractivity contribution in [2.75, 3.05) is 10.6 Å². The number of rotatable bonds is 6. The number of hydrogen-bond donors (Lipinski definition) is 2. The highest BCUT2D eigenvalue weighted by molar-refractivity contribution is 6.00. The Bertz CT molecular complexity index is 568. The second kappa shape index (κ2) is 6.11. The highest BCUT2D eigenvalue weighted by atomic mass is 16.6. The fourth-order valence-corrected chi connectivity index (χ4v) is 2.89. The number of hydrogen-bond acceptors (Lipinski definition) is 4. The molecule has 0 radical (unpaired) electrons. The average Bonchev–Trinajstić information content (AvgIpc) is 2.78. The third kappa shape index (κ3) is 3.15. The van der Waals surface area contributed by atoms with Gasteiger partial charge in [0.05, 0.1) is 11.3 Å². The van der Waals surface area contributed by atoms with Gasteiger partial charge < -0.3 is 10.6 Å². The smallest absolute Gasteiger partial charge is 0.292 e. The minimum absolute atomic E-state index is 0.0306. The van der Waals surface area contributed by atoms with Gasteiger partial charge in [0.25, 0.3) is 5.69 Å². The maximum absolute atomic E-state index is 11.4. The fourth-order valence-electron chi connectivity index (χ4n) is 2.89. The summed E-state index contributed by atoms with van der Waals surface area (Å²) in [6.07, 6.45) is 2.23. The fraction of sp³-hybridized carbons (Fsp3) is 0.533. The van der Waals surface area contributed by atoms with E-state index in [2.05, 4.69) is 24.5 Å². The minimum Gasteiger partial charge on any atom is -0.377 e. The Morgan fingerprint density at radius 3 is 2.62 bits per heavy atom. The summed E-state index contributed by atoms with van der Waals surface area (Å²) in [4.78, 5) is 22.3. The van der Waals surface area contributed by atoms with Gasteiger partial charge in [-0.2, -0.15) is 0 Å². The van der Waals surface area contributed by atoms with Crippen LogP contribution in [-0.2, 0) is 11.2 Å². The Labute approximate surface area is 124 Å². The predicted octanol–water partition coefficient (Wildman–Crippen LogP) is 3.33. The molecule has 1 amide bonds. The predicted molar refractivity (Wildman–Crippen MR) is 82.6 cm³/mol. The summed E-state index contributed by atoms with van der Waals surface area (Å²) in [6.45, 7) is 6.26. The first kappa shape index (κ1) is 15.3. The molecule has 0 saturated heterocycles. The van der Waals surface area contributed by atoms with E-state index in [0.29, 0.717) is 22.9 Å². The Hall–Kier alpha value is -2.11. The summed E-state index contributed by atoms with van der Waals surface area (Å²) in [5.74, 6) is 0.330. The molecule has 0 bridgehead atoms. The first-order valence-electron chi connectivity index (χ1n) is 7.33. The Balaban J connectivity index is 2.32. The van der Waals surface area contributed by atoms with Crippen molar-refractivity contribution in [2.45, 2.75) is 46.1 Å². The lowest BCUT2D eigenvalue weighted by atomic mass is 9.95. The van der Waals surface area contributed by atoms with E-state index in [9.17, 15) is 14.9 Å². The number of nitro groups is 1. The topological polar surface area (TPSA) is 84.3 Å². The molecule has 0 saturated carbocycles. The molecule has 0 aromatic heterocycles. The molecule has 1 aromatic carbocycles. The van der Waals surface area contributed by atoms with Gasteiger partial charge in [-0.05, 0) is 24.5 Å². The van der Waals surface area contributed by atoms with Crippen molar-refractivity contribution in [1.29, 1.82) is 0 Å². The van der Waals surface area contributed by atoms with Gasteiger partial charge in [-0.15, -0.1) is 0 Å². The third-order valence-electron chi connectivity index (χ3n) is 4.18. The minimum atomic E-state index is -0.398. The van der Waals surface area contributed by atoms with E-state index in [1.807, 2.05) is 6.92 Å². The number of amides is 1. The van der Waals surface area contributed by atoms with Crippen molar-refractivity contribution >= 4 is 23.0 Å². The molecule has 6 heteroatoms. The van der Waals surface area contributed by atoms with Crippen LogP contribution < -0.4 is 10.6 Å². The van der Waals surface area contributed by atoms with Gasteiger partial charge in [0.15, 0.2) is 0 Å². The van der Waals surface area contributed by atoms with Gasteiger partial charge in [-0.25, -0.2) is 0 Å². The Morgan fingerprint density at radius 2 is 2.05 bits per heavy atom. The number of benzene rings is 1. The van der Waals surface area contributed by atoms with Crippen LogP contribution in [0.25, 0.3) is 0 Å². The van der Waals surface area contributed by atoms with Crippen LogP contribution in [0.2, 0.25) is 0 Å². The molecule has 1 heterocycles. The monoisotopic (exact) mass is 291 g/mol. The zero-order chi connectivity index (χ0) is 15.6. The number of fused-ring (bicyclic) bond motifs is 1. The summed E-state index contributed by atoms with van der Waals surface area (Å²) in [7, 11) is 0. The molecule has 1 aliphatic rings. The molecule has 114 valence electrons. The maximum atomic E-state index is 11.4. The van der Waals surface area contributed by atoms with Crippen LogP contribution in [0, 0.1) is 16.0 Å². The standard InChI is InChI=1S/C15H21N3O3/c1-4-10(5-2)9(3)16-13-8-12-11(7-15(19)17-12)6-14(13)18(20)21/h6,8-10,16H,4-5,7H2,1-3H3,(H,17,19). The van der Waals surface area contributed by atoms with Crippen molar-refractivity contribution in [3.8, 4) is 0 Å². The first-order chi connectivity index (χ1) is 9.96. The lowest BCUT2D eigenvalue weighted by molar-refractivity contribution is -0.384. The molecule has 0 spiro atoms. The first-order valence-corrected chi connectivity index (χ1v) is 7.33. The van der Waals surface area contributed by atoms with E-state index in [1.165, 1.54) is 6.07 Å². The van der Waals surface area contributed by atoms with Crippen molar-refractivity contribution in [1.82, 2.24) is 0 Å². The highest BCUT2D eigenvalue weighted by Crippen LogP contribution is 2.35. The van der Waals surface area contributed by atoms with E-state index in [1.54, 1.807) is 6.07 Å². The van der Waals surface area contributed by atoms with Gasteiger partial charge in [0, 0.05) is 17.8 Å². The van der Waals surface area contributed by atoms with Crippen LogP contribution in [-0.4, -0.2) is 16.9 Å². The molecule has 1 unspecified atom stereocenters. The molecular weight excluding hydrogens is 270 g/mol. The third-order valence-corrected chi connectivity index (χ3v) is 4.18. The van der Waals surface area contributed by atoms with Gasteiger partial charge >= 0.3 is 0 Å². The number of nitro benzene ring substituents is 1. The summed E-state index contributed by atoms with van der Waals surface area (Å²) >= 11 is 0. The van der Waals surface area contributed by atoms with Gasteiger partial charge in [-0.1, -0.05) is 26.7 Å². The summed E-state index contributed by atoms with van der Waals surface area (Å²) < 4.78 is 0. The molecule has 21 heavy (non-hydrogen) atoms. The lowest BCUT2D eigenvalue weighted by Gasteiger charge is -2.23. The van der Waals surface area contributed by atoms with Gasteiger partial charge in [-0.3, -0.25) is 14.9 Å². The molecule has 1 atom stereocenters. The second-order valence-electron chi connectivity index (χ2n) is 5.52. The maximum Gasteiger partial charge on any atom is 0.292 e. The molecule has 2 N–H and O–H groups in total. The molecule has 0 fully saturated rings. The highest BCUT2D eigenvalue weighted by Gasteiger charge is 2.26. The van der Waals surface area contributed by atoms with Crippen LogP contribution in [0.15, 0.2) is 12.1 Å². The number of nitrogens with one attached hydrogen (secondary N) is 2. The lowest BCUT2D eigenvalue weighted by Crippen LogP contribution is -2.25. The number of nitrogens with zero attached hydrogens (tertiary/aromatic N) is 1. The van der Waals surface area contributed by atoms with Gasteiger partial charge in [0.1, 0.15) is 5.69 Å². The van der Waals surface area contributed by atoms with E-state index in [0.717, 1.165) is 12.8 Å². The van der Waals surface area contributed by atoms with Crippen LogP contribution in [0.3, 0.4) is 0 Å². The zero-order valence-electron chi connectivity index (χ0n) is 12.6. The molecule has 0 aliphatic carbocycles. The normalized spacial score (nSPS) is 14.8. The van der Waals surface area contributed by atoms with Crippen LogP contribution in [0.4, 0.5) is 17.1 Å². The largest absolute Gasteiger partial charge is 0.377 e. The van der Waals surface area contributed by atoms with Crippen molar-refractivity contribution in [3.63, 3.8) is 0 Å². The number of carbonyl (C=O) groups is 1. The van der Waals surface area contributed by atoms with E-state index < -0.39 is 4.92 Å². The van der Waals surface area contributed by atoms with Crippen molar-refractivity contribution < 1.29 is 9.72 Å². The number of carbonyl (C=O) groups excluding carboxylic acids is 1. The number of anilines is 2. The van der Waals surface area contributed by atoms with E-state index in [-0.39, 0.29) is 24.1 Å². The van der Waals surface area contributed by atoms with Crippen LogP contribution in [0.1, 0.15) is 39.2 Å². The molecule has 6 nitrogen and oxygen atoms in total. The molecule has 1 aromatic rings. The molecule has 1 aliphatic heterocycles. The van der Waals surface area contributed by atoms with Crippen molar-refractivity contribution in [2.24, 2.45) is 5.92 Å². The van der Waals surface area contributed by atoms with Crippen molar-refractivity contribution in [3.05, 3.63) is 27.8 Å². The average molecular weight is 291 g/mol. The van der Waals surface area contributed by atoms with Crippen LogP contribution >= 0.6 is 0 Å². The summed E-state index contributed by atoms with van der Waals surface area (Å²) in [5, 5.41) is 17.2. The second-order valence-corrected chi connectivity index (χ2v) is 5.52.